The largest absolute Gasteiger partial charge is 0.497 e. The van der Waals surface area contributed by atoms with Crippen LogP contribution in [-0.4, -0.2) is 38.2 Å². The van der Waals surface area contributed by atoms with Crippen LogP contribution in [0.1, 0.15) is 12.8 Å². The van der Waals surface area contributed by atoms with Crippen LogP contribution in [0.25, 0.3) is 11.1 Å². The summed E-state index contributed by atoms with van der Waals surface area (Å²) in [5.41, 5.74) is 3.05. The van der Waals surface area contributed by atoms with Crippen molar-refractivity contribution in [3.05, 3.63) is 65.1 Å². The van der Waals surface area contributed by atoms with E-state index in [1.54, 1.807) is 37.1 Å². The summed E-state index contributed by atoms with van der Waals surface area (Å²) < 4.78 is 18.7. The molecule has 2 heterocycles. The van der Waals surface area contributed by atoms with Gasteiger partial charge in [0.25, 0.3) is 0 Å². The highest BCUT2D eigenvalue weighted by Crippen LogP contribution is 2.45. The summed E-state index contributed by atoms with van der Waals surface area (Å²) in [4.78, 5) is 16.3. The topological polar surface area (TPSA) is 74.1 Å². The number of aromatic nitrogens is 1. The summed E-state index contributed by atoms with van der Waals surface area (Å²) in [7, 11) is 3.34. The molecule has 7 nitrogen and oxygen atoms in total. The lowest BCUT2D eigenvalue weighted by Crippen LogP contribution is -2.22. The molecule has 1 aliphatic rings. The van der Waals surface area contributed by atoms with Crippen molar-refractivity contribution in [2.45, 2.75) is 12.8 Å². The highest BCUT2D eigenvalue weighted by molar-refractivity contribution is 5.85. The van der Waals surface area contributed by atoms with Gasteiger partial charge in [0.15, 0.2) is 5.75 Å². The number of aliphatic imine (C=N–C) groups is 1. The molecule has 1 saturated heterocycles. The van der Waals surface area contributed by atoms with Gasteiger partial charge in [0.05, 0.1) is 12.8 Å². The van der Waals surface area contributed by atoms with Crippen LogP contribution in [0.2, 0.25) is 0 Å². The molecule has 0 atom stereocenters. The first kappa shape index (κ1) is 22.6. The van der Waals surface area contributed by atoms with Crippen LogP contribution in [-0.2, 0) is 11.8 Å². The molecule has 0 saturated carbocycles. The van der Waals surface area contributed by atoms with Gasteiger partial charge in [-0.2, -0.15) is 0 Å². The van der Waals surface area contributed by atoms with E-state index in [9.17, 15) is 4.79 Å². The average Bonchev–Trinajstić information content (AvgIpc) is 2.85. The summed E-state index contributed by atoms with van der Waals surface area (Å²) in [6.07, 6.45) is 3.86. The van der Waals surface area contributed by atoms with Crippen molar-refractivity contribution in [2.75, 3.05) is 32.2 Å². The summed E-state index contributed by atoms with van der Waals surface area (Å²) in [6, 6.07) is 14.7. The number of rotatable bonds is 8. The van der Waals surface area contributed by atoms with Gasteiger partial charge < -0.3 is 24.1 Å². The van der Waals surface area contributed by atoms with Crippen molar-refractivity contribution in [1.82, 2.24) is 4.57 Å². The number of aryl methyl sites for hydroxylation is 1. The third-order valence-electron chi connectivity index (χ3n) is 5.87. The molecule has 0 amide bonds. The minimum atomic E-state index is -0.0779. The van der Waals surface area contributed by atoms with Crippen molar-refractivity contribution in [1.29, 1.82) is 0 Å². The number of hydrogen-bond acceptors (Lipinski definition) is 6. The maximum absolute atomic E-state index is 11.9. The zero-order valence-corrected chi connectivity index (χ0v) is 19.0. The van der Waals surface area contributed by atoms with Crippen LogP contribution in [0.4, 0.5) is 11.4 Å². The lowest BCUT2D eigenvalue weighted by atomic mass is 10.00. The second-order valence-corrected chi connectivity index (χ2v) is 8.08. The van der Waals surface area contributed by atoms with E-state index in [-0.39, 0.29) is 5.56 Å². The van der Waals surface area contributed by atoms with Gasteiger partial charge in [-0.05, 0) is 55.8 Å². The Morgan fingerprint density at radius 1 is 1.15 bits per heavy atom. The molecular formula is C26H29N3O4. The van der Waals surface area contributed by atoms with Gasteiger partial charge in [-0.1, -0.05) is 6.07 Å². The molecule has 1 N–H and O–H groups in total. The number of hydrogen-bond donors (Lipinski definition) is 1. The number of pyridine rings is 1. The maximum Gasteiger partial charge on any atom is 0.250 e. The Hall–Kier alpha value is -3.58. The normalized spacial score (nSPS) is 14.0. The molecule has 0 radical (unpaired) electrons. The van der Waals surface area contributed by atoms with Gasteiger partial charge in [0, 0.05) is 56.3 Å². The zero-order chi connectivity index (χ0) is 23.2. The van der Waals surface area contributed by atoms with E-state index in [0.717, 1.165) is 49.4 Å². The van der Waals surface area contributed by atoms with E-state index in [2.05, 4.69) is 17.0 Å². The van der Waals surface area contributed by atoms with Crippen LogP contribution in [0.15, 0.2) is 64.5 Å². The first-order valence-electron chi connectivity index (χ1n) is 11.0. The quantitative estimate of drug-likeness (QED) is 0.491. The third-order valence-corrected chi connectivity index (χ3v) is 5.87. The Balaban J connectivity index is 1.75. The number of methoxy groups -OCH3 is 1. The lowest BCUT2D eigenvalue weighted by Gasteiger charge is -2.24. The van der Waals surface area contributed by atoms with Crippen molar-refractivity contribution in [3.63, 3.8) is 0 Å². The van der Waals surface area contributed by atoms with Crippen molar-refractivity contribution >= 4 is 18.1 Å². The van der Waals surface area contributed by atoms with E-state index in [1.807, 2.05) is 36.4 Å². The highest BCUT2D eigenvalue weighted by Gasteiger charge is 2.19. The molecule has 4 rings (SSSR count). The van der Waals surface area contributed by atoms with E-state index < -0.39 is 0 Å². The van der Waals surface area contributed by atoms with Crippen LogP contribution in [0, 0.1) is 5.92 Å². The monoisotopic (exact) mass is 447 g/mol. The minimum absolute atomic E-state index is 0.0779. The van der Waals surface area contributed by atoms with Gasteiger partial charge in [-0.25, -0.2) is 0 Å². The second-order valence-electron chi connectivity index (χ2n) is 8.08. The Morgan fingerprint density at radius 2 is 1.94 bits per heavy atom. The van der Waals surface area contributed by atoms with E-state index in [4.69, 9.17) is 14.2 Å². The standard InChI is InChI=1S/C26H29N3O4/c1-27-25-23(28-16-18-11-13-32-14-12-18)9-8-22(19-7-10-24(30)29(2)17-19)26(25)33-21-6-4-5-20(15-21)31-3/h4-10,15,17-18,28H,1,11-14,16H2,2-3H3. The molecule has 0 aliphatic carbocycles. The summed E-state index contributed by atoms with van der Waals surface area (Å²) in [5.74, 6) is 2.42. The average molecular weight is 448 g/mol. The Bertz CT molecular complexity index is 1180. The van der Waals surface area contributed by atoms with Crippen LogP contribution < -0.4 is 20.3 Å². The Kier molecular flexibility index (Phi) is 7.10. The smallest absolute Gasteiger partial charge is 0.250 e. The molecule has 172 valence electrons. The minimum Gasteiger partial charge on any atom is -0.497 e. The number of nitrogens with zero attached hydrogens (tertiary/aromatic N) is 2. The molecule has 1 aliphatic heterocycles. The summed E-state index contributed by atoms with van der Waals surface area (Å²) in [5, 5.41) is 3.53. The molecule has 33 heavy (non-hydrogen) atoms. The summed E-state index contributed by atoms with van der Waals surface area (Å²) in [6.45, 7) is 6.24. The first-order valence-corrected chi connectivity index (χ1v) is 11.0. The second kappa shape index (κ2) is 10.4. The van der Waals surface area contributed by atoms with E-state index in [1.165, 1.54) is 0 Å². The van der Waals surface area contributed by atoms with Crippen LogP contribution in [0.5, 0.6) is 17.2 Å². The molecule has 3 aromatic rings. The number of benzene rings is 2. The fourth-order valence-corrected chi connectivity index (χ4v) is 3.94. The van der Waals surface area contributed by atoms with Crippen LogP contribution in [0.3, 0.4) is 0 Å². The molecular weight excluding hydrogens is 418 g/mol. The number of ether oxygens (including phenoxy) is 3. The molecule has 2 aromatic carbocycles. The fourth-order valence-electron chi connectivity index (χ4n) is 3.94. The molecule has 7 heteroatoms. The predicted octanol–water partition coefficient (Wildman–Crippen LogP) is 5.02. The van der Waals surface area contributed by atoms with E-state index >= 15 is 0 Å². The van der Waals surface area contributed by atoms with Crippen molar-refractivity contribution in [3.8, 4) is 28.4 Å². The molecule has 0 bridgehead atoms. The molecule has 0 unspecified atom stereocenters. The number of nitrogens with one attached hydrogen (secondary N) is 1. The molecule has 1 fully saturated rings. The molecule has 1 aromatic heterocycles. The first-order chi connectivity index (χ1) is 16.1. The van der Waals surface area contributed by atoms with Crippen molar-refractivity contribution in [2.24, 2.45) is 18.0 Å². The Morgan fingerprint density at radius 3 is 2.67 bits per heavy atom. The fraction of sp³-hybridized carbons (Fsp3) is 0.308. The van der Waals surface area contributed by atoms with Gasteiger partial charge in [-0.3, -0.25) is 9.79 Å². The van der Waals surface area contributed by atoms with Gasteiger partial charge in [-0.15, -0.1) is 0 Å². The highest BCUT2D eigenvalue weighted by atomic mass is 16.5. The third kappa shape index (κ3) is 5.26. The van der Waals surface area contributed by atoms with Crippen LogP contribution >= 0.6 is 0 Å². The number of anilines is 1. The van der Waals surface area contributed by atoms with E-state index in [0.29, 0.717) is 28.9 Å². The maximum atomic E-state index is 11.9. The lowest BCUT2D eigenvalue weighted by molar-refractivity contribution is 0.0699. The van der Waals surface area contributed by atoms with Gasteiger partial charge >= 0.3 is 0 Å². The van der Waals surface area contributed by atoms with Gasteiger partial charge in [0.2, 0.25) is 5.56 Å². The predicted molar refractivity (Wildman–Crippen MR) is 131 cm³/mol. The van der Waals surface area contributed by atoms with Gasteiger partial charge in [0.1, 0.15) is 17.2 Å². The summed E-state index contributed by atoms with van der Waals surface area (Å²) >= 11 is 0. The van der Waals surface area contributed by atoms with Crippen molar-refractivity contribution < 1.29 is 14.2 Å². The SMILES string of the molecule is C=Nc1c(NCC2CCOCC2)ccc(-c2ccc(=O)n(C)c2)c1Oc1cccc(OC)c1. The zero-order valence-electron chi connectivity index (χ0n) is 19.0. The Labute approximate surface area is 193 Å². The molecule has 0 spiro atoms.